The summed E-state index contributed by atoms with van der Waals surface area (Å²) in [7, 11) is 0. The van der Waals surface area contributed by atoms with Crippen molar-refractivity contribution in [3.63, 3.8) is 0 Å². The van der Waals surface area contributed by atoms with Gasteiger partial charge in [-0.1, -0.05) is 127 Å². The molecule has 0 aliphatic heterocycles. The van der Waals surface area contributed by atoms with Gasteiger partial charge in [0, 0.05) is 60.3 Å². The van der Waals surface area contributed by atoms with Crippen LogP contribution in [0.3, 0.4) is 0 Å². The number of rotatable bonds is 6. The van der Waals surface area contributed by atoms with Gasteiger partial charge in [-0.3, -0.25) is 0 Å². The summed E-state index contributed by atoms with van der Waals surface area (Å²) in [5, 5.41) is 8.49. The molecule has 0 saturated heterocycles. The Morgan fingerprint density at radius 1 is 0.242 bits per heavy atom. The third kappa shape index (κ3) is 5.52. The van der Waals surface area contributed by atoms with Crippen LogP contribution in [0.25, 0.3) is 127 Å². The minimum atomic E-state index is 0.889. The Morgan fingerprint density at radius 2 is 0.621 bits per heavy atom. The van der Waals surface area contributed by atoms with E-state index in [4.69, 9.17) is 4.42 Å². The minimum absolute atomic E-state index is 0.889. The molecule has 0 aliphatic carbocycles. The number of furan rings is 1. The van der Waals surface area contributed by atoms with E-state index in [1.165, 1.54) is 76.6 Å². The van der Waals surface area contributed by atoms with E-state index in [1.54, 1.807) is 0 Å². The molecule has 14 rings (SSSR count). The van der Waals surface area contributed by atoms with E-state index >= 15 is 0 Å². The highest BCUT2D eigenvalue weighted by Gasteiger charge is 2.19. The lowest BCUT2D eigenvalue weighted by Crippen LogP contribution is -1.94. The second-order valence-corrected chi connectivity index (χ2v) is 17.3. The van der Waals surface area contributed by atoms with Gasteiger partial charge in [0.2, 0.25) is 0 Å². The van der Waals surface area contributed by atoms with Crippen LogP contribution < -0.4 is 0 Å². The quantitative estimate of drug-likeness (QED) is 0.164. The van der Waals surface area contributed by atoms with Crippen molar-refractivity contribution in [1.82, 2.24) is 13.7 Å². The maximum atomic E-state index is 6.02. The summed E-state index contributed by atoms with van der Waals surface area (Å²) in [6, 6.07) is 83.9. The van der Waals surface area contributed by atoms with E-state index in [0.29, 0.717) is 0 Å². The highest BCUT2D eigenvalue weighted by Crippen LogP contribution is 2.42. The van der Waals surface area contributed by atoms with Crippen LogP contribution >= 0.6 is 0 Å². The molecule has 4 aromatic heterocycles. The number of hydrogen-bond donors (Lipinski definition) is 0. The number of hydrogen-bond acceptors (Lipinski definition) is 1. The predicted molar refractivity (Wildman–Crippen MR) is 276 cm³/mol. The van der Waals surface area contributed by atoms with Crippen LogP contribution in [0.4, 0.5) is 0 Å². The molecule has 0 unspecified atom stereocenters. The average Bonchev–Trinajstić information content (AvgIpc) is 4.14. The van der Waals surface area contributed by atoms with Gasteiger partial charge in [0.15, 0.2) is 0 Å². The maximum absolute atomic E-state index is 6.02. The lowest BCUT2D eigenvalue weighted by atomic mass is 9.98. The second-order valence-electron chi connectivity index (χ2n) is 17.3. The molecule has 0 amide bonds. The number of nitrogens with zero attached hydrogens (tertiary/aromatic N) is 3. The van der Waals surface area contributed by atoms with Crippen molar-refractivity contribution in [3.05, 3.63) is 237 Å². The van der Waals surface area contributed by atoms with Crippen molar-refractivity contribution in [1.29, 1.82) is 0 Å². The first-order chi connectivity index (χ1) is 32.7. The molecular weight excluding hydrogens is 803 g/mol. The lowest BCUT2D eigenvalue weighted by molar-refractivity contribution is 0.617. The fourth-order valence-corrected chi connectivity index (χ4v) is 10.7. The molecule has 0 aliphatic rings. The maximum Gasteiger partial charge on any atom is 0.134 e. The van der Waals surface area contributed by atoms with Gasteiger partial charge >= 0.3 is 0 Å². The van der Waals surface area contributed by atoms with Gasteiger partial charge in [-0.15, -0.1) is 0 Å². The van der Waals surface area contributed by atoms with Crippen molar-refractivity contribution in [2.45, 2.75) is 0 Å². The molecule has 308 valence electrons. The number of benzene rings is 10. The Kier molecular flexibility index (Phi) is 7.95. The van der Waals surface area contributed by atoms with Gasteiger partial charge in [0.25, 0.3) is 0 Å². The Balaban J connectivity index is 0.972. The van der Waals surface area contributed by atoms with Gasteiger partial charge in [0.05, 0.1) is 39.4 Å². The summed E-state index contributed by atoms with van der Waals surface area (Å²) < 4.78 is 13.2. The molecule has 0 atom stereocenters. The fourth-order valence-electron chi connectivity index (χ4n) is 10.7. The van der Waals surface area contributed by atoms with Crippen molar-refractivity contribution < 1.29 is 4.42 Å². The van der Waals surface area contributed by atoms with Gasteiger partial charge in [0.1, 0.15) is 5.58 Å². The molecule has 0 N–H and O–H groups in total. The van der Waals surface area contributed by atoms with Gasteiger partial charge in [-0.05, 0) is 131 Å². The second kappa shape index (κ2) is 14.3. The van der Waals surface area contributed by atoms with E-state index in [1.807, 2.05) is 18.4 Å². The van der Waals surface area contributed by atoms with E-state index < -0.39 is 0 Å². The van der Waals surface area contributed by atoms with Crippen LogP contribution in [-0.2, 0) is 0 Å². The summed E-state index contributed by atoms with van der Waals surface area (Å²) >= 11 is 0. The summed E-state index contributed by atoms with van der Waals surface area (Å²) in [5.41, 5.74) is 18.4. The van der Waals surface area contributed by atoms with Crippen LogP contribution in [0.2, 0.25) is 0 Å². The summed E-state index contributed by atoms with van der Waals surface area (Å²) in [6.45, 7) is 0. The first kappa shape index (κ1) is 36.6. The summed E-state index contributed by atoms with van der Waals surface area (Å²) in [4.78, 5) is 0. The standard InChI is InChI=1S/C62H39N3O/c1-3-15-45(16-4-1)63-56-23-10-7-20-48(56)51-35-40(26-30-58(51)63)42-28-32-60-53(37-42)54-38-43(41-27-31-59-52(36-41)49-21-8-11-24-57(49)64(59)46-17-5-2-6-18-46)29-33-61(54)65(60)47-19-13-14-44(34-47)55-39-66-62-25-12-9-22-50(55)62/h1-39H. The molecule has 14 aromatic rings. The Morgan fingerprint density at radius 3 is 1.12 bits per heavy atom. The Labute approximate surface area is 380 Å². The number of aromatic nitrogens is 3. The number of fused-ring (bicyclic) bond motifs is 10. The van der Waals surface area contributed by atoms with Crippen LogP contribution in [0.5, 0.6) is 0 Å². The zero-order chi connectivity index (χ0) is 43.3. The molecule has 0 fully saturated rings. The van der Waals surface area contributed by atoms with E-state index in [9.17, 15) is 0 Å². The van der Waals surface area contributed by atoms with Crippen molar-refractivity contribution >= 4 is 76.4 Å². The van der Waals surface area contributed by atoms with Gasteiger partial charge in [-0.25, -0.2) is 0 Å². The average molecular weight is 842 g/mol. The normalized spacial score (nSPS) is 11.9. The fraction of sp³-hybridized carbons (Fsp3) is 0. The third-order valence-corrected chi connectivity index (χ3v) is 13.7. The molecule has 10 aromatic carbocycles. The molecular formula is C62H39N3O. The highest BCUT2D eigenvalue weighted by atomic mass is 16.3. The van der Waals surface area contributed by atoms with Crippen LogP contribution in [0.1, 0.15) is 0 Å². The smallest absolute Gasteiger partial charge is 0.134 e. The summed E-state index contributed by atoms with van der Waals surface area (Å²) in [5.74, 6) is 0. The van der Waals surface area contributed by atoms with E-state index in [2.05, 4.69) is 232 Å². The predicted octanol–water partition coefficient (Wildman–Crippen LogP) is 16.7. The van der Waals surface area contributed by atoms with E-state index in [0.717, 1.165) is 50.2 Å². The first-order valence-corrected chi connectivity index (χ1v) is 22.6. The van der Waals surface area contributed by atoms with Crippen molar-refractivity contribution in [2.24, 2.45) is 0 Å². The highest BCUT2D eigenvalue weighted by molar-refractivity contribution is 6.15. The molecule has 4 heterocycles. The number of para-hydroxylation sites is 5. The third-order valence-electron chi connectivity index (χ3n) is 13.7. The largest absolute Gasteiger partial charge is 0.464 e. The van der Waals surface area contributed by atoms with Gasteiger partial charge in [-0.2, -0.15) is 0 Å². The van der Waals surface area contributed by atoms with Crippen molar-refractivity contribution in [3.8, 4) is 50.4 Å². The van der Waals surface area contributed by atoms with Crippen molar-refractivity contribution in [2.75, 3.05) is 0 Å². The lowest BCUT2D eigenvalue weighted by Gasteiger charge is -2.11. The molecule has 0 saturated carbocycles. The zero-order valence-electron chi connectivity index (χ0n) is 35.8. The minimum Gasteiger partial charge on any atom is -0.464 e. The molecule has 0 radical (unpaired) electrons. The molecule has 66 heavy (non-hydrogen) atoms. The molecule has 0 spiro atoms. The van der Waals surface area contributed by atoms with Gasteiger partial charge < -0.3 is 18.1 Å². The van der Waals surface area contributed by atoms with Crippen LogP contribution in [0, 0.1) is 0 Å². The Hall–Kier alpha value is -8.86. The molecule has 4 nitrogen and oxygen atoms in total. The topological polar surface area (TPSA) is 27.9 Å². The molecule has 4 heteroatoms. The Bertz CT molecular complexity index is 4010. The monoisotopic (exact) mass is 841 g/mol. The molecule has 0 bridgehead atoms. The summed E-state index contributed by atoms with van der Waals surface area (Å²) in [6.07, 6.45) is 1.89. The van der Waals surface area contributed by atoms with Crippen LogP contribution in [-0.4, -0.2) is 13.7 Å². The van der Waals surface area contributed by atoms with E-state index in [-0.39, 0.29) is 0 Å². The van der Waals surface area contributed by atoms with Crippen LogP contribution in [0.15, 0.2) is 241 Å². The zero-order valence-corrected chi connectivity index (χ0v) is 35.8. The SMILES string of the molecule is c1ccc(-n2c3ccccc3c3cc(-c4ccc5c(c4)c4cc(-c6ccc7c(c6)c6ccccc6n7-c6ccccc6)ccc4n5-c4cccc(-c5coc6ccccc56)c4)ccc32)cc1. The first-order valence-electron chi connectivity index (χ1n) is 22.6.